The summed E-state index contributed by atoms with van der Waals surface area (Å²) in [5, 5.41) is 0. The first-order valence-electron chi connectivity index (χ1n) is 6.67. The van der Waals surface area contributed by atoms with Gasteiger partial charge in [-0.2, -0.15) is 4.31 Å². The molecule has 1 fully saturated rings. The third kappa shape index (κ3) is 2.64. The number of hydrogen-bond acceptors (Lipinski definition) is 6. The highest BCUT2D eigenvalue weighted by Crippen LogP contribution is 2.34. The second kappa shape index (κ2) is 5.77. The molecule has 0 amide bonds. The van der Waals surface area contributed by atoms with Crippen molar-refractivity contribution in [2.45, 2.75) is 24.3 Å². The van der Waals surface area contributed by atoms with Gasteiger partial charge in [-0.3, -0.25) is 4.79 Å². The molecule has 1 aromatic rings. The van der Waals surface area contributed by atoms with Crippen molar-refractivity contribution in [1.29, 1.82) is 0 Å². The van der Waals surface area contributed by atoms with Crippen molar-refractivity contribution in [1.82, 2.24) is 4.31 Å². The summed E-state index contributed by atoms with van der Waals surface area (Å²) in [5.41, 5.74) is -1.29. The van der Waals surface area contributed by atoms with Crippen molar-refractivity contribution < 1.29 is 27.4 Å². The number of cyclic esters (lactones) is 1. The molecule has 0 bridgehead atoms. The van der Waals surface area contributed by atoms with Crippen LogP contribution in [0.2, 0.25) is 0 Å². The maximum absolute atomic E-state index is 13.0. The Kier molecular flexibility index (Phi) is 4.35. The molecule has 122 valence electrons. The van der Waals surface area contributed by atoms with Gasteiger partial charge in [0, 0.05) is 12.6 Å². The second-order valence-electron chi connectivity index (χ2n) is 5.29. The number of hydrogen-bond donors (Lipinski definition) is 0. The molecule has 0 radical (unpaired) electrons. The predicted molar refractivity (Wildman–Crippen MR) is 78.5 cm³/mol. The number of carbonyl (C=O) groups excluding carboxylic acids is 1. The van der Waals surface area contributed by atoms with Crippen LogP contribution in [0.15, 0.2) is 23.1 Å². The van der Waals surface area contributed by atoms with Crippen LogP contribution < -0.4 is 9.47 Å². The highest BCUT2D eigenvalue weighted by Gasteiger charge is 2.47. The molecule has 0 unspecified atom stereocenters. The molecule has 8 heteroatoms. The highest BCUT2D eigenvalue weighted by molar-refractivity contribution is 7.89. The normalized spacial score (nSPS) is 18.6. The first kappa shape index (κ1) is 16.6. The molecule has 2 rings (SSSR count). The van der Waals surface area contributed by atoms with Crippen LogP contribution in [-0.4, -0.2) is 51.6 Å². The van der Waals surface area contributed by atoms with Gasteiger partial charge in [0.2, 0.25) is 10.0 Å². The van der Waals surface area contributed by atoms with Crippen molar-refractivity contribution >= 4 is 16.0 Å². The average molecular weight is 329 g/mol. The minimum Gasteiger partial charge on any atom is -0.497 e. The Morgan fingerprint density at radius 2 is 1.91 bits per heavy atom. The van der Waals surface area contributed by atoms with Crippen molar-refractivity contribution in [3.8, 4) is 11.5 Å². The number of esters is 1. The van der Waals surface area contributed by atoms with Crippen molar-refractivity contribution in [2.75, 3.05) is 27.4 Å². The van der Waals surface area contributed by atoms with E-state index in [1.54, 1.807) is 6.07 Å². The monoisotopic (exact) mass is 329 g/mol. The molecular formula is C14H19NO6S. The number of rotatable bonds is 4. The Morgan fingerprint density at radius 3 is 2.50 bits per heavy atom. The van der Waals surface area contributed by atoms with Crippen LogP contribution in [0.4, 0.5) is 0 Å². The van der Waals surface area contributed by atoms with E-state index in [0.717, 1.165) is 4.31 Å². The summed E-state index contributed by atoms with van der Waals surface area (Å²) >= 11 is 0. The Labute approximate surface area is 129 Å². The highest BCUT2D eigenvalue weighted by atomic mass is 32.2. The van der Waals surface area contributed by atoms with E-state index in [-0.39, 0.29) is 23.8 Å². The second-order valence-corrected chi connectivity index (χ2v) is 7.12. The summed E-state index contributed by atoms with van der Waals surface area (Å²) in [6, 6.07) is 4.50. The van der Waals surface area contributed by atoms with E-state index >= 15 is 0 Å². The number of carbonyl (C=O) groups is 1. The van der Waals surface area contributed by atoms with Crippen LogP contribution in [0.25, 0.3) is 0 Å². The Hall–Kier alpha value is -1.80. The molecular weight excluding hydrogens is 310 g/mol. The van der Waals surface area contributed by atoms with E-state index in [1.807, 2.05) is 0 Å². The topological polar surface area (TPSA) is 82.1 Å². The fraction of sp³-hybridized carbons (Fsp3) is 0.500. The maximum atomic E-state index is 13.0. The third-order valence-electron chi connectivity index (χ3n) is 3.59. The van der Waals surface area contributed by atoms with Crippen LogP contribution in [-0.2, 0) is 19.6 Å². The summed E-state index contributed by atoms with van der Waals surface area (Å²) < 4.78 is 42.3. The van der Waals surface area contributed by atoms with E-state index in [1.165, 1.54) is 40.2 Å². The van der Waals surface area contributed by atoms with Gasteiger partial charge in [0.05, 0.1) is 14.2 Å². The fourth-order valence-corrected chi connectivity index (χ4v) is 4.20. The van der Waals surface area contributed by atoms with Crippen molar-refractivity contribution in [3.05, 3.63) is 18.2 Å². The summed E-state index contributed by atoms with van der Waals surface area (Å²) in [5.74, 6) is -0.00324. The van der Waals surface area contributed by atoms with Gasteiger partial charge in [0.25, 0.3) is 0 Å². The van der Waals surface area contributed by atoms with Crippen LogP contribution in [0.1, 0.15) is 13.8 Å². The van der Waals surface area contributed by atoms with Gasteiger partial charge < -0.3 is 14.2 Å². The molecule has 0 spiro atoms. The first-order valence-corrected chi connectivity index (χ1v) is 8.11. The van der Waals surface area contributed by atoms with Crippen LogP contribution in [0.5, 0.6) is 11.5 Å². The van der Waals surface area contributed by atoms with Gasteiger partial charge in [-0.1, -0.05) is 0 Å². The van der Waals surface area contributed by atoms with E-state index in [0.29, 0.717) is 5.75 Å². The average Bonchev–Trinajstić information content (AvgIpc) is 2.49. The number of sulfonamides is 1. The van der Waals surface area contributed by atoms with E-state index in [4.69, 9.17) is 14.2 Å². The van der Waals surface area contributed by atoms with E-state index in [9.17, 15) is 13.2 Å². The molecule has 0 aromatic heterocycles. The van der Waals surface area contributed by atoms with E-state index < -0.39 is 21.5 Å². The Morgan fingerprint density at radius 1 is 1.23 bits per heavy atom. The first-order chi connectivity index (χ1) is 10.2. The Bertz CT molecular complexity index is 683. The fourth-order valence-electron chi connectivity index (χ4n) is 2.30. The molecule has 1 aliphatic rings. The summed E-state index contributed by atoms with van der Waals surface area (Å²) in [4.78, 5) is 11.9. The standard InChI is InChI=1S/C14H19NO6S/c1-14(2)13(16)21-8-7-15(14)22(17,18)12-9-10(19-3)5-6-11(12)20-4/h5-6,9H,7-8H2,1-4H3. The van der Waals surface area contributed by atoms with Gasteiger partial charge in [-0.25, -0.2) is 8.42 Å². The van der Waals surface area contributed by atoms with Crippen LogP contribution in [0, 0.1) is 0 Å². The quantitative estimate of drug-likeness (QED) is 0.767. The van der Waals surface area contributed by atoms with Crippen molar-refractivity contribution in [2.24, 2.45) is 0 Å². The molecule has 0 saturated carbocycles. The molecule has 22 heavy (non-hydrogen) atoms. The summed E-state index contributed by atoms with van der Waals surface area (Å²) in [6.45, 7) is 3.13. The zero-order valence-corrected chi connectivity index (χ0v) is 13.8. The number of ether oxygens (including phenoxy) is 3. The van der Waals surface area contributed by atoms with Gasteiger partial charge in [0.1, 0.15) is 28.5 Å². The van der Waals surface area contributed by atoms with E-state index in [2.05, 4.69) is 0 Å². The van der Waals surface area contributed by atoms with Crippen LogP contribution in [0.3, 0.4) is 0 Å². The number of benzene rings is 1. The summed E-state index contributed by atoms with van der Waals surface area (Å²) in [6.07, 6.45) is 0. The predicted octanol–water partition coefficient (Wildman–Crippen LogP) is 1.03. The largest absolute Gasteiger partial charge is 0.497 e. The molecule has 7 nitrogen and oxygen atoms in total. The zero-order valence-electron chi connectivity index (χ0n) is 13.0. The molecule has 0 aliphatic carbocycles. The number of morpholine rings is 1. The van der Waals surface area contributed by atoms with Gasteiger partial charge in [0.15, 0.2) is 0 Å². The van der Waals surface area contributed by atoms with Gasteiger partial charge in [-0.05, 0) is 26.0 Å². The smallest absolute Gasteiger partial charge is 0.327 e. The third-order valence-corrected chi connectivity index (χ3v) is 5.68. The van der Waals surface area contributed by atoms with Gasteiger partial charge >= 0.3 is 5.97 Å². The Balaban J connectivity index is 2.57. The molecule has 1 saturated heterocycles. The number of methoxy groups -OCH3 is 2. The van der Waals surface area contributed by atoms with Crippen LogP contribution >= 0.6 is 0 Å². The molecule has 1 aliphatic heterocycles. The maximum Gasteiger partial charge on any atom is 0.327 e. The number of nitrogens with zero attached hydrogens (tertiary/aromatic N) is 1. The zero-order chi connectivity index (χ0) is 16.5. The van der Waals surface area contributed by atoms with Gasteiger partial charge in [-0.15, -0.1) is 0 Å². The summed E-state index contributed by atoms with van der Waals surface area (Å²) in [7, 11) is -1.12. The molecule has 0 atom stereocenters. The minimum atomic E-state index is -3.95. The van der Waals surface area contributed by atoms with Crippen molar-refractivity contribution in [3.63, 3.8) is 0 Å². The molecule has 1 aromatic carbocycles. The minimum absolute atomic E-state index is 0.0216. The molecule has 1 heterocycles. The SMILES string of the molecule is COc1ccc(OC)c(S(=O)(=O)N2CCOC(=O)C2(C)C)c1. The molecule has 0 N–H and O–H groups in total. The lowest BCUT2D eigenvalue weighted by atomic mass is 10.1. The lowest BCUT2D eigenvalue weighted by molar-refractivity contribution is -0.160. The lowest BCUT2D eigenvalue weighted by Crippen LogP contribution is -2.58. The lowest BCUT2D eigenvalue weighted by Gasteiger charge is -2.38.